The van der Waals surface area contributed by atoms with Crippen LogP contribution in [0.25, 0.3) is 0 Å². The molecule has 0 saturated carbocycles. The summed E-state index contributed by atoms with van der Waals surface area (Å²) in [7, 11) is 0. The number of ether oxygens (including phenoxy) is 1. The number of hydrogen-bond acceptors (Lipinski definition) is 4. The van der Waals surface area contributed by atoms with Gasteiger partial charge in [0.1, 0.15) is 0 Å². The van der Waals surface area contributed by atoms with E-state index in [1.165, 1.54) is 6.92 Å². The van der Waals surface area contributed by atoms with Gasteiger partial charge in [0.2, 0.25) is 5.91 Å². The maximum atomic E-state index is 12.5. The molecule has 7 nitrogen and oxygen atoms in total. The van der Waals surface area contributed by atoms with Gasteiger partial charge in [-0.2, -0.15) is 0 Å². The van der Waals surface area contributed by atoms with Gasteiger partial charge in [0.05, 0.1) is 18.2 Å². The topological polar surface area (TPSA) is 87.7 Å². The maximum absolute atomic E-state index is 12.5. The third-order valence-corrected chi connectivity index (χ3v) is 4.10. The number of rotatable bonds is 6. The summed E-state index contributed by atoms with van der Waals surface area (Å²) < 4.78 is 5.21. The zero-order chi connectivity index (χ0) is 19.3. The molecule has 0 aromatic heterocycles. The molecular weight excluding hydrogens is 334 g/mol. The van der Waals surface area contributed by atoms with E-state index in [0.717, 1.165) is 12.0 Å². The predicted molar refractivity (Wildman–Crippen MR) is 98.3 cm³/mol. The SMILES string of the molecule is CCCN1C(=O)NC(c2ccc(NC(C)=O)cc2)C(C(=O)OCC)=C1C. The third-order valence-electron chi connectivity index (χ3n) is 4.10. The second kappa shape index (κ2) is 8.51. The van der Waals surface area contributed by atoms with Gasteiger partial charge >= 0.3 is 12.0 Å². The first-order valence-electron chi connectivity index (χ1n) is 8.72. The summed E-state index contributed by atoms with van der Waals surface area (Å²) in [5.74, 6) is -0.607. The molecule has 1 aromatic rings. The van der Waals surface area contributed by atoms with E-state index < -0.39 is 12.0 Å². The van der Waals surface area contributed by atoms with Crippen LogP contribution in [0.1, 0.15) is 45.7 Å². The highest BCUT2D eigenvalue weighted by Crippen LogP contribution is 2.32. The molecule has 1 aliphatic heterocycles. The molecule has 0 aliphatic carbocycles. The van der Waals surface area contributed by atoms with Crippen LogP contribution in [0.3, 0.4) is 0 Å². The quantitative estimate of drug-likeness (QED) is 0.765. The Kier molecular flexibility index (Phi) is 6.38. The van der Waals surface area contributed by atoms with Crippen LogP contribution >= 0.6 is 0 Å². The van der Waals surface area contributed by atoms with Crippen molar-refractivity contribution in [2.24, 2.45) is 0 Å². The molecule has 1 unspecified atom stereocenters. The standard InChI is InChI=1S/C19H25N3O4/c1-5-11-22-12(3)16(18(24)26-6-2)17(21-19(22)25)14-7-9-15(10-8-14)20-13(4)23/h7-10,17H,5-6,11H2,1-4H3,(H,20,23)(H,21,25). The van der Waals surface area contributed by atoms with Crippen molar-refractivity contribution in [3.63, 3.8) is 0 Å². The lowest BCUT2D eigenvalue weighted by Gasteiger charge is -2.35. The van der Waals surface area contributed by atoms with Crippen LogP contribution in [-0.4, -0.2) is 36.0 Å². The summed E-state index contributed by atoms with van der Waals surface area (Å²) in [5.41, 5.74) is 2.41. The van der Waals surface area contributed by atoms with Crippen molar-refractivity contribution < 1.29 is 19.1 Å². The van der Waals surface area contributed by atoms with E-state index in [1.807, 2.05) is 6.92 Å². The molecule has 3 amide bonds. The van der Waals surface area contributed by atoms with E-state index in [0.29, 0.717) is 23.5 Å². The minimum Gasteiger partial charge on any atom is -0.463 e. The number of nitrogens with zero attached hydrogens (tertiary/aromatic N) is 1. The zero-order valence-electron chi connectivity index (χ0n) is 15.6. The molecule has 0 saturated heterocycles. The fourth-order valence-electron chi connectivity index (χ4n) is 2.96. The summed E-state index contributed by atoms with van der Waals surface area (Å²) >= 11 is 0. The Morgan fingerprint density at radius 2 is 1.88 bits per heavy atom. The van der Waals surface area contributed by atoms with Gasteiger partial charge in [0, 0.05) is 24.9 Å². The van der Waals surface area contributed by atoms with Crippen molar-refractivity contribution >= 4 is 23.6 Å². The number of hydrogen-bond donors (Lipinski definition) is 2. The van der Waals surface area contributed by atoms with E-state index in [2.05, 4.69) is 10.6 Å². The molecule has 1 heterocycles. The van der Waals surface area contributed by atoms with E-state index >= 15 is 0 Å². The molecule has 0 fully saturated rings. The number of esters is 1. The van der Waals surface area contributed by atoms with Gasteiger partial charge in [-0.3, -0.25) is 9.69 Å². The van der Waals surface area contributed by atoms with Gasteiger partial charge in [-0.05, 0) is 38.0 Å². The summed E-state index contributed by atoms with van der Waals surface area (Å²) in [6.45, 7) is 7.69. The summed E-state index contributed by atoms with van der Waals surface area (Å²) in [4.78, 5) is 37.8. The van der Waals surface area contributed by atoms with E-state index in [9.17, 15) is 14.4 Å². The molecule has 0 spiro atoms. The number of allylic oxidation sites excluding steroid dienone is 1. The number of carbonyl (C=O) groups is 3. The maximum Gasteiger partial charge on any atom is 0.338 e. The number of anilines is 1. The van der Waals surface area contributed by atoms with Gasteiger partial charge in [-0.25, -0.2) is 9.59 Å². The lowest BCUT2D eigenvalue weighted by Crippen LogP contribution is -2.48. The molecule has 140 valence electrons. The van der Waals surface area contributed by atoms with E-state index in [1.54, 1.807) is 43.0 Å². The monoisotopic (exact) mass is 359 g/mol. The lowest BCUT2D eigenvalue weighted by molar-refractivity contribution is -0.139. The highest BCUT2D eigenvalue weighted by atomic mass is 16.5. The minimum atomic E-state index is -0.596. The predicted octanol–water partition coefficient (Wildman–Crippen LogP) is 2.96. The zero-order valence-corrected chi connectivity index (χ0v) is 15.6. The normalized spacial score (nSPS) is 17.0. The second-order valence-electron chi connectivity index (χ2n) is 6.06. The largest absolute Gasteiger partial charge is 0.463 e. The number of carbonyl (C=O) groups excluding carboxylic acids is 3. The van der Waals surface area contributed by atoms with Crippen LogP contribution in [0.2, 0.25) is 0 Å². The Morgan fingerprint density at radius 3 is 2.42 bits per heavy atom. The molecule has 7 heteroatoms. The first-order valence-corrected chi connectivity index (χ1v) is 8.72. The smallest absolute Gasteiger partial charge is 0.338 e. The summed E-state index contributed by atoms with van der Waals surface area (Å²) in [6.07, 6.45) is 0.775. The van der Waals surface area contributed by atoms with Crippen LogP contribution in [0.4, 0.5) is 10.5 Å². The van der Waals surface area contributed by atoms with Crippen LogP contribution < -0.4 is 10.6 Å². The molecule has 0 bridgehead atoms. The van der Waals surface area contributed by atoms with E-state index in [4.69, 9.17) is 4.74 Å². The van der Waals surface area contributed by atoms with E-state index in [-0.39, 0.29) is 18.5 Å². The van der Waals surface area contributed by atoms with Crippen molar-refractivity contribution in [3.05, 3.63) is 41.1 Å². The van der Waals surface area contributed by atoms with Crippen LogP contribution in [0, 0.1) is 0 Å². The first-order chi connectivity index (χ1) is 12.4. The van der Waals surface area contributed by atoms with Crippen molar-refractivity contribution in [2.75, 3.05) is 18.5 Å². The first kappa shape index (κ1) is 19.5. The summed E-state index contributed by atoms with van der Waals surface area (Å²) in [6, 6.07) is 6.18. The number of amides is 3. The Labute approximate surface area is 153 Å². The fraction of sp³-hybridized carbons (Fsp3) is 0.421. The van der Waals surface area contributed by atoms with Crippen LogP contribution in [-0.2, 0) is 14.3 Å². The van der Waals surface area contributed by atoms with Crippen molar-refractivity contribution in [1.29, 1.82) is 0 Å². The van der Waals surface area contributed by atoms with Gasteiger partial charge in [0.15, 0.2) is 0 Å². The van der Waals surface area contributed by atoms with Gasteiger partial charge in [-0.15, -0.1) is 0 Å². The lowest BCUT2D eigenvalue weighted by atomic mass is 9.94. The Bertz CT molecular complexity index is 725. The number of benzene rings is 1. The van der Waals surface area contributed by atoms with Gasteiger partial charge in [-0.1, -0.05) is 19.1 Å². The second-order valence-corrected chi connectivity index (χ2v) is 6.06. The van der Waals surface area contributed by atoms with Crippen LogP contribution in [0.15, 0.2) is 35.5 Å². The highest BCUT2D eigenvalue weighted by molar-refractivity contribution is 5.95. The van der Waals surface area contributed by atoms with Crippen molar-refractivity contribution in [1.82, 2.24) is 10.2 Å². The average Bonchev–Trinajstić information content (AvgIpc) is 2.58. The van der Waals surface area contributed by atoms with Crippen molar-refractivity contribution in [2.45, 2.75) is 40.2 Å². The molecule has 0 radical (unpaired) electrons. The highest BCUT2D eigenvalue weighted by Gasteiger charge is 2.36. The molecule has 26 heavy (non-hydrogen) atoms. The summed E-state index contributed by atoms with van der Waals surface area (Å²) in [5, 5.41) is 5.58. The molecule has 2 rings (SSSR count). The Balaban J connectivity index is 2.42. The number of nitrogens with one attached hydrogen (secondary N) is 2. The minimum absolute atomic E-state index is 0.165. The molecule has 2 N–H and O–H groups in total. The molecular formula is C19H25N3O4. The average molecular weight is 359 g/mol. The van der Waals surface area contributed by atoms with Gasteiger partial charge < -0.3 is 15.4 Å². The Hall–Kier alpha value is -2.83. The fourth-order valence-corrected chi connectivity index (χ4v) is 2.96. The molecule has 1 aromatic carbocycles. The number of urea groups is 1. The molecule has 1 aliphatic rings. The third kappa shape index (κ3) is 4.22. The molecule has 1 atom stereocenters. The van der Waals surface area contributed by atoms with Crippen LogP contribution in [0.5, 0.6) is 0 Å². The van der Waals surface area contributed by atoms with Gasteiger partial charge in [0.25, 0.3) is 0 Å². The Morgan fingerprint density at radius 1 is 1.23 bits per heavy atom. The van der Waals surface area contributed by atoms with Crippen molar-refractivity contribution in [3.8, 4) is 0 Å².